The highest BCUT2D eigenvalue weighted by atomic mass is 16.5. The minimum absolute atomic E-state index is 0.195. The molecule has 1 amide bonds. The quantitative estimate of drug-likeness (QED) is 0.860. The molecule has 0 saturated carbocycles. The van der Waals surface area contributed by atoms with E-state index in [4.69, 9.17) is 18.9 Å². The zero-order valence-electron chi connectivity index (χ0n) is 14.8. The molecule has 2 aromatic rings. The monoisotopic (exact) mass is 356 g/mol. The predicted molar refractivity (Wildman–Crippen MR) is 97.4 cm³/mol. The van der Waals surface area contributed by atoms with Crippen molar-refractivity contribution < 1.29 is 23.7 Å². The van der Waals surface area contributed by atoms with Gasteiger partial charge in [0.2, 0.25) is 11.6 Å². The fourth-order valence-electron chi connectivity index (χ4n) is 2.63. The van der Waals surface area contributed by atoms with Gasteiger partial charge in [0.1, 0.15) is 6.61 Å². The number of methoxy groups -OCH3 is 3. The Morgan fingerprint density at radius 3 is 2.31 bits per heavy atom. The van der Waals surface area contributed by atoms with E-state index in [1.807, 2.05) is 30.3 Å². The summed E-state index contributed by atoms with van der Waals surface area (Å²) in [5.41, 5.74) is 1.36. The molecule has 26 heavy (non-hydrogen) atoms. The van der Waals surface area contributed by atoms with Crippen molar-refractivity contribution in [1.82, 2.24) is 0 Å². The molecule has 0 bridgehead atoms. The summed E-state index contributed by atoms with van der Waals surface area (Å²) < 4.78 is 21.4. The highest BCUT2D eigenvalue weighted by Crippen LogP contribution is 2.40. The van der Waals surface area contributed by atoms with Crippen LogP contribution in [0, 0.1) is 0 Å². The lowest BCUT2D eigenvalue weighted by Crippen LogP contribution is -2.27. The van der Waals surface area contributed by atoms with E-state index in [-0.39, 0.29) is 12.5 Å². The maximum atomic E-state index is 12.5. The summed E-state index contributed by atoms with van der Waals surface area (Å²) in [6, 6.07) is 12.2. The summed E-state index contributed by atoms with van der Waals surface area (Å²) in [6.07, 6.45) is 0. The number of hydrogen-bond acceptors (Lipinski definition) is 6. The summed E-state index contributed by atoms with van der Waals surface area (Å²) in [6.45, 7) is 0.195. The topological polar surface area (TPSA) is 78.4 Å². The number of rotatable bonds is 6. The van der Waals surface area contributed by atoms with Gasteiger partial charge in [-0.05, 0) is 12.1 Å². The van der Waals surface area contributed by atoms with Crippen molar-refractivity contribution >= 4 is 17.5 Å². The molecule has 1 aliphatic heterocycles. The summed E-state index contributed by atoms with van der Waals surface area (Å²) in [5.74, 6) is 1.57. The Bertz CT molecular complexity index is 795. The average Bonchev–Trinajstić information content (AvgIpc) is 3.18. The maximum absolute atomic E-state index is 12.5. The molecule has 1 N–H and O–H groups in total. The highest BCUT2D eigenvalue weighted by molar-refractivity contribution is 6.02. The first kappa shape index (κ1) is 17.6. The molecule has 2 aromatic carbocycles. The second-order valence-corrected chi connectivity index (χ2v) is 5.53. The van der Waals surface area contributed by atoms with Gasteiger partial charge in [0.15, 0.2) is 17.5 Å². The lowest BCUT2D eigenvalue weighted by Gasteiger charge is -2.15. The molecule has 136 valence electrons. The number of carbonyl (C=O) groups is 1. The zero-order chi connectivity index (χ0) is 18.5. The van der Waals surface area contributed by atoms with Gasteiger partial charge in [0, 0.05) is 23.4 Å². The van der Waals surface area contributed by atoms with E-state index >= 15 is 0 Å². The highest BCUT2D eigenvalue weighted by Gasteiger charge is 2.27. The molecule has 1 aliphatic rings. The van der Waals surface area contributed by atoms with E-state index in [1.165, 1.54) is 21.3 Å². The van der Waals surface area contributed by atoms with Gasteiger partial charge in [-0.3, -0.25) is 4.79 Å². The van der Waals surface area contributed by atoms with Crippen molar-refractivity contribution in [1.29, 1.82) is 0 Å². The fourth-order valence-corrected chi connectivity index (χ4v) is 2.63. The third-order valence-corrected chi connectivity index (χ3v) is 3.91. The van der Waals surface area contributed by atoms with Crippen molar-refractivity contribution in [3.63, 3.8) is 0 Å². The Morgan fingerprint density at radius 2 is 1.73 bits per heavy atom. The number of aliphatic imine (C=N–C) groups is 1. The first-order chi connectivity index (χ1) is 12.7. The molecule has 0 radical (unpaired) electrons. The lowest BCUT2D eigenvalue weighted by molar-refractivity contribution is -0.117. The smallest absolute Gasteiger partial charge is 0.252 e. The van der Waals surface area contributed by atoms with Crippen LogP contribution in [-0.4, -0.2) is 45.8 Å². The molecular weight excluding hydrogens is 336 g/mol. The largest absolute Gasteiger partial charge is 0.493 e. The fraction of sp³-hybridized carbons (Fsp3) is 0.263. The van der Waals surface area contributed by atoms with Crippen molar-refractivity contribution in [3.8, 4) is 17.2 Å². The number of carbonyl (C=O) groups excluding carboxylic acids is 1. The Morgan fingerprint density at radius 1 is 1.08 bits per heavy atom. The van der Waals surface area contributed by atoms with Crippen molar-refractivity contribution in [2.75, 3.05) is 33.3 Å². The Kier molecular flexibility index (Phi) is 5.26. The van der Waals surface area contributed by atoms with Crippen LogP contribution in [0.3, 0.4) is 0 Å². The number of amides is 1. The van der Waals surface area contributed by atoms with Gasteiger partial charge in [-0.15, -0.1) is 0 Å². The summed E-state index contributed by atoms with van der Waals surface area (Å²) in [5, 5.41) is 2.82. The van der Waals surface area contributed by atoms with Gasteiger partial charge in [-0.1, -0.05) is 18.2 Å². The minimum Gasteiger partial charge on any atom is -0.493 e. The number of anilines is 1. The van der Waals surface area contributed by atoms with E-state index in [0.29, 0.717) is 28.8 Å². The van der Waals surface area contributed by atoms with Gasteiger partial charge in [-0.25, -0.2) is 4.99 Å². The van der Waals surface area contributed by atoms with Gasteiger partial charge < -0.3 is 24.3 Å². The summed E-state index contributed by atoms with van der Waals surface area (Å²) in [7, 11) is 4.56. The SMILES string of the molecule is COc1cc(NC(=O)C2COC(c3ccccc3)=N2)cc(OC)c1OC. The number of benzene rings is 2. The molecule has 0 spiro atoms. The Balaban J connectivity index is 1.77. The third-order valence-electron chi connectivity index (χ3n) is 3.91. The first-order valence-electron chi connectivity index (χ1n) is 8.03. The number of nitrogens with zero attached hydrogens (tertiary/aromatic N) is 1. The van der Waals surface area contributed by atoms with Crippen LogP contribution in [0.5, 0.6) is 17.2 Å². The third kappa shape index (κ3) is 3.56. The van der Waals surface area contributed by atoms with Gasteiger partial charge in [-0.2, -0.15) is 0 Å². The van der Waals surface area contributed by atoms with Crippen molar-refractivity contribution in [2.24, 2.45) is 4.99 Å². The lowest BCUT2D eigenvalue weighted by atomic mass is 10.2. The van der Waals surface area contributed by atoms with E-state index < -0.39 is 6.04 Å². The van der Waals surface area contributed by atoms with Crippen LogP contribution in [0.1, 0.15) is 5.56 Å². The van der Waals surface area contributed by atoms with Crippen LogP contribution in [0.15, 0.2) is 47.5 Å². The molecule has 0 saturated heterocycles. The molecule has 0 aromatic heterocycles. The number of ether oxygens (including phenoxy) is 4. The molecule has 0 fully saturated rings. The molecule has 1 atom stereocenters. The van der Waals surface area contributed by atoms with Gasteiger partial charge >= 0.3 is 0 Å². The Labute approximate surface area is 151 Å². The zero-order valence-corrected chi connectivity index (χ0v) is 14.8. The van der Waals surface area contributed by atoms with Crippen molar-refractivity contribution in [2.45, 2.75) is 6.04 Å². The standard InChI is InChI=1S/C19H20N2O5/c1-23-15-9-13(10-16(24-2)17(15)25-3)20-18(22)14-11-26-19(21-14)12-7-5-4-6-8-12/h4-10,14H,11H2,1-3H3,(H,20,22). The van der Waals surface area contributed by atoms with Crippen LogP contribution >= 0.6 is 0 Å². The van der Waals surface area contributed by atoms with Crippen LogP contribution in [0.25, 0.3) is 0 Å². The van der Waals surface area contributed by atoms with E-state index in [9.17, 15) is 4.79 Å². The second-order valence-electron chi connectivity index (χ2n) is 5.53. The summed E-state index contributed by atoms with van der Waals surface area (Å²) in [4.78, 5) is 16.9. The Hall–Kier alpha value is -3.22. The van der Waals surface area contributed by atoms with E-state index in [0.717, 1.165) is 5.56 Å². The molecule has 1 unspecified atom stereocenters. The van der Waals surface area contributed by atoms with Crippen LogP contribution in [0.4, 0.5) is 5.69 Å². The van der Waals surface area contributed by atoms with Crippen LogP contribution < -0.4 is 19.5 Å². The van der Waals surface area contributed by atoms with Gasteiger partial charge in [0.25, 0.3) is 5.91 Å². The number of nitrogens with one attached hydrogen (secondary N) is 1. The maximum Gasteiger partial charge on any atom is 0.252 e. The number of hydrogen-bond donors (Lipinski definition) is 1. The normalized spacial score (nSPS) is 15.7. The first-order valence-corrected chi connectivity index (χ1v) is 8.03. The molecule has 3 rings (SSSR count). The van der Waals surface area contributed by atoms with Crippen LogP contribution in [-0.2, 0) is 9.53 Å². The molecule has 1 heterocycles. The summed E-state index contributed by atoms with van der Waals surface area (Å²) >= 11 is 0. The molecule has 0 aliphatic carbocycles. The van der Waals surface area contributed by atoms with E-state index in [1.54, 1.807) is 12.1 Å². The van der Waals surface area contributed by atoms with E-state index in [2.05, 4.69) is 10.3 Å². The molecular formula is C19H20N2O5. The average molecular weight is 356 g/mol. The predicted octanol–water partition coefficient (Wildman–Crippen LogP) is 2.50. The second kappa shape index (κ2) is 7.77. The van der Waals surface area contributed by atoms with Crippen molar-refractivity contribution in [3.05, 3.63) is 48.0 Å². The van der Waals surface area contributed by atoms with Crippen LogP contribution in [0.2, 0.25) is 0 Å². The minimum atomic E-state index is -0.621. The van der Waals surface area contributed by atoms with Gasteiger partial charge in [0.05, 0.1) is 21.3 Å². The molecule has 7 heteroatoms. The molecule has 7 nitrogen and oxygen atoms in total.